The molecule has 3 rings (SSSR count). The molecule has 0 radical (unpaired) electrons. The quantitative estimate of drug-likeness (QED) is 0.851. The molecule has 120 valence electrons. The highest BCUT2D eigenvalue weighted by Crippen LogP contribution is 2.17. The van der Waals surface area contributed by atoms with Gasteiger partial charge >= 0.3 is 0 Å². The standard InChI is InChI=1S/C17H26N4O/c1-2-16-18-12-14-6-10-20(13-15(14)19-16)11-7-17(22)21-8-4-3-5-9-21/h12H,2-11,13H2,1H3. The van der Waals surface area contributed by atoms with Gasteiger partial charge in [-0.15, -0.1) is 0 Å². The number of hydrogen-bond donors (Lipinski definition) is 0. The number of aromatic nitrogens is 2. The van der Waals surface area contributed by atoms with E-state index < -0.39 is 0 Å². The van der Waals surface area contributed by atoms with E-state index in [1.54, 1.807) is 0 Å². The largest absolute Gasteiger partial charge is 0.343 e. The van der Waals surface area contributed by atoms with E-state index in [-0.39, 0.29) is 0 Å². The Labute approximate surface area is 132 Å². The van der Waals surface area contributed by atoms with Gasteiger partial charge in [-0.05, 0) is 31.2 Å². The fraction of sp³-hybridized carbons (Fsp3) is 0.706. The van der Waals surface area contributed by atoms with Crippen LogP contribution in [0.2, 0.25) is 0 Å². The second kappa shape index (κ2) is 7.18. The Bertz CT molecular complexity index is 525. The zero-order valence-corrected chi connectivity index (χ0v) is 13.6. The van der Waals surface area contributed by atoms with Crippen LogP contribution in [0.25, 0.3) is 0 Å². The van der Waals surface area contributed by atoms with Crippen LogP contribution in [-0.2, 0) is 24.2 Å². The third kappa shape index (κ3) is 3.64. The molecule has 0 saturated carbocycles. The number of carbonyl (C=O) groups excluding carboxylic acids is 1. The molecular weight excluding hydrogens is 276 g/mol. The molecule has 0 aliphatic carbocycles. The van der Waals surface area contributed by atoms with Crippen molar-refractivity contribution in [2.24, 2.45) is 0 Å². The Morgan fingerprint density at radius 1 is 1.23 bits per heavy atom. The third-order valence-corrected chi connectivity index (χ3v) is 4.74. The molecule has 1 fully saturated rings. The predicted molar refractivity (Wildman–Crippen MR) is 85.4 cm³/mol. The molecule has 5 heteroatoms. The molecule has 0 atom stereocenters. The highest BCUT2D eigenvalue weighted by molar-refractivity contribution is 5.76. The maximum absolute atomic E-state index is 12.3. The van der Waals surface area contributed by atoms with Gasteiger partial charge in [-0.25, -0.2) is 9.97 Å². The van der Waals surface area contributed by atoms with Crippen LogP contribution in [0.1, 0.15) is 49.7 Å². The molecule has 0 aromatic carbocycles. The van der Waals surface area contributed by atoms with Crippen LogP contribution in [0.15, 0.2) is 6.20 Å². The lowest BCUT2D eigenvalue weighted by Gasteiger charge is -2.30. The summed E-state index contributed by atoms with van der Waals surface area (Å²) >= 11 is 0. The topological polar surface area (TPSA) is 49.3 Å². The van der Waals surface area contributed by atoms with E-state index in [1.807, 2.05) is 11.1 Å². The summed E-state index contributed by atoms with van der Waals surface area (Å²) in [6.45, 7) is 6.70. The average molecular weight is 302 g/mol. The van der Waals surface area contributed by atoms with Gasteiger partial charge in [0.1, 0.15) is 5.82 Å². The Morgan fingerprint density at radius 3 is 2.82 bits per heavy atom. The summed E-state index contributed by atoms with van der Waals surface area (Å²) < 4.78 is 0. The molecule has 1 saturated heterocycles. The summed E-state index contributed by atoms with van der Waals surface area (Å²) in [4.78, 5) is 25.7. The van der Waals surface area contributed by atoms with Crippen molar-refractivity contribution in [2.75, 3.05) is 26.2 Å². The smallest absolute Gasteiger partial charge is 0.223 e. The molecule has 1 aromatic heterocycles. The Hall–Kier alpha value is -1.49. The van der Waals surface area contributed by atoms with Gasteiger partial charge in [0.25, 0.3) is 0 Å². The molecule has 22 heavy (non-hydrogen) atoms. The number of nitrogens with zero attached hydrogens (tertiary/aromatic N) is 4. The number of rotatable bonds is 4. The fourth-order valence-electron chi connectivity index (χ4n) is 3.31. The van der Waals surface area contributed by atoms with Gasteiger partial charge in [0.2, 0.25) is 5.91 Å². The number of aryl methyl sites for hydroxylation is 1. The minimum atomic E-state index is 0.322. The van der Waals surface area contributed by atoms with E-state index in [1.165, 1.54) is 24.8 Å². The van der Waals surface area contributed by atoms with Crippen LogP contribution >= 0.6 is 0 Å². The van der Waals surface area contributed by atoms with Crippen LogP contribution in [0.5, 0.6) is 0 Å². The Balaban J connectivity index is 1.52. The summed E-state index contributed by atoms with van der Waals surface area (Å²) in [6.07, 6.45) is 8.10. The van der Waals surface area contributed by atoms with Gasteiger partial charge in [0, 0.05) is 51.8 Å². The van der Waals surface area contributed by atoms with Crippen LogP contribution in [-0.4, -0.2) is 51.9 Å². The van der Waals surface area contributed by atoms with Crippen LogP contribution < -0.4 is 0 Å². The lowest BCUT2D eigenvalue weighted by molar-refractivity contribution is -0.132. The fourth-order valence-corrected chi connectivity index (χ4v) is 3.31. The van der Waals surface area contributed by atoms with E-state index in [4.69, 9.17) is 0 Å². The monoisotopic (exact) mass is 302 g/mol. The van der Waals surface area contributed by atoms with Crippen LogP contribution in [0.3, 0.4) is 0 Å². The second-order valence-electron chi connectivity index (χ2n) is 6.33. The number of amides is 1. The first-order chi connectivity index (χ1) is 10.8. The molecule has 0 N–H and O–H groups in total. The predicted octanol–water partition coefficient (Wildman–Crippen LogP) is 1.80. The molecule has 1 aromatic rings. The van der Waals surface area contributed by atoms with Gasteiger partial charge in [-0.1, -0.05) is 6.92 Å². The SMILES string of the molecule is CCc1ncc2c(n1)CN(CCC(=O)N1CCCCC1)CC2. The number of piperidine rings is 1. The summed E-state index contributed by atoms with van der Waals surface area (Å²) in [5.74, 6) is 1.24. The molecular formula is C17H26N4O. The third-order valence-electron chi connectivity index (χ3n) is 4.74. The van der Waals surface area contributed by atoms with Gasteiger partial charge in [-0.2, -0.15) is 0 Å². The first-order valence-electron chi connectivity index (χ1n) is 8.60. The van der Waals surface area contributed by atoms with Crippen molar-refractivity contribution in [3.05, 3.63) is 23.3 Å². The van der Waals surface area contributed by atoms with Crippen molar-refractivity contribution in [1.82, 2.24) is 19.8 Å². The van der Waals surface area contributed by atoms with E-state index in [9.17, 15) is 4.79 Å². The van der Waals surface area contributed by atoms with Crippen LogP contribution in [0.4, 0.5) is 0 Å². The molecule has 2 aliphatic rings. The molecule has 0 unspecified atom stereocenters. The number of hydrogen-bond acceptors (Lipinski definition) is 4. The summed E-state index contributed by atoms with van der Waals surface area (Å²) in [6, 6.07) is 0. The molecule has 0 spiro atoms. The Morgan fingerprint density at radius 2 is 2.05 bits per heavy atom. The average Bonchev–Trinajstić information content (AvgIpc) is 2.59. The van der Waals surface area contributed by atoms with Crippen molar-refractivity contribution in [3.63, 3.8) is 0 Å². The lowest BCUT2D eigenvalue weighted by Crippen LogP contribution is -2.39. The summed E-state index contributed by atoms with van der Waals surface area (Å²) in [5, 5.41) is 0. The highest BCUT2D eigenvalue weighted by Gasteiger charge is 2.21. The molecule has 3 heterocycles. The van der Waals surface area contributed by atoms with Gasteiger partial charge in [-0.3, -0.25) is 9.69 Å². The summed E-state index contributed by atoms with van der Waals surface area (Å²) in [7, 11) is 0. The lowest BCUT2D eigenvalue weighted by atomic mass is 10.1. The maximum Gasteiger partial charge on any atom is 0.223 e. The normalized spacial score (nSPS) is 19.0. The second-order valence-corrected chi connectivity index (χ2v) is 6.33. The first kappa shape index (κ1) is 15.4. The number of carbonyl (C=O) groups is 1. The van der Waals surface area contributed by atoms with Gasteiger partial charge < -0.3 is 4.90 Å². The van der Waals surface area contributed by atoms with Crippen molar-refractivity contribution in [1.29, 1.82) is 0 Å². The highest BCUT2D eigenvalue weighted by atomic mass is 16.2. The van der Waals surface area contributed by atoms with E-state index in [0.717, 1.165) is 57.1 Å². The van der Waals surface area contributed by atoms with Gasteiger partial charge in [0.05, 0.1) is 5.69 Å². The van der Waals surface area contributed by atoms with Crippen molar-refractivity contribution < 1.29 is 4.79 Å². The molecule has 5 nitrogen and oxygen atoms in total. The zero-order chi connectivity index (χ0) is 15.4. The summed E-state index contributed by atoms with van der Waals surface area (Å²) in [5.41, 5.74) is 2.43. The first-order valence-corrected chi connectivity index (χ1v) is 8.60. The number of fused-ring (bicyclic) bond motifs is 1. The van der Waals surface area contributed by atoms with Crippen molar-refractivity contribution in [3.8, 4) is 0 Å². The van der Waals surface area contributed by atoms with E-state index in [2.05, 4.69) is 21.8 Å². The minimum absolute atomic E-state index is 0.322. The van der Waals surface area contributed by atoms with Crippen molar-refractivity contribution >= 4 is 5.91 Å². The zero-order valence-electron chi connectivity index (χ0n) is 13.6. The minimum Gasteiger partial charge on any atom is -0.343 e. The van der Waals surface area contributed by atoms with Crippen LogP contribution in [0, 0.1) is 0 Å². The molecule has 2 aliphatic heterocycles. The van der Waals surface area contributed by atoms with E-state index in [0.29, 0.717) is 12.3 Å². The van der Waals surface area contributed by atoms with Crippen molar-refractivity contribution in [2.45, 2.75) is 52.0 Å². The molecule has 0 bridgehead atoms. The maximum atomic E-state index is 12.3. The Kier molecular flexibility index (Phi) is 5.03. The molecule has 1 amide bonds. The van der Waals surface area contributed by atoms with E-state index >= 15 is 0 Å². The van der Waals surface area contributed by atoms with Gasteiger partial charge in [0.15, 0.2) is 0 Å². The number of likely N-dealkylation sites (tertiary alicyclic amines) is 1.